The number of nitrogens with two attached hydrogens (primary N) is 1. The fourth-order valence-electron chi connectivity index (χ4n) is 2.70. The summed E-state index contributed by atoms with van der Waals surface area (Å²) in [5.74, 6) is 0. The highest BCUT2D eigenvalue weighted by atomic mass is 15.3. The Morgan fingerprint density at radius 1 is 1.50 bits per heavy atom. The standard InChI is InChI=1S/C12H22N4/c1-3-16-9-5-4-6-10(13)12(16)11-7-8-14-15(11)2/h7-8,10,12H,3-6,9,13H2,1-2H3. The molecule has 1 aliphatic heterocycles. The number of likely N-dealkylation sites (tertiary alicyclic amines) is 1. The van der Waals surface area contributed by atoms with Crippen molar-refractivity contribution in [1.29, 1.82) is 0 Å². The molecule has 2 N–H and O–H groups in total. The fraction of sp³-hybridized carbons (Fsp3) is 0.750. The highest BCUT2D eigenvalue weighted by molar-refractivity contribution is 5.10. The van der Waals surface area contributed by atoms with Crippen molar-refractivity contribution in [3.05, 3.63) is 18.0 Å². The molecule has 0 aromatic carbocycles. The van der Waals surface area contributed by atoms with E-state index in [2.05, 4.69) is 23.0 Å². The molecule has 1 aromatic rings. The molecule has 4 nitrogen and oxygen atoms in total. The maximum Gasteiger partial charge on any atom is 0.0670 e. The number of likely N-dealkylation sites (N-methyl/N-ethyl adjacent to an activating group) is 1. The predicted molar refractivity (Wildman–Crippen MR) is 65.0 cm³/mol. The van der Waals surface area contributed by atoms with Crippen molar-refractivity contribution in [2.45, 2.75) is 38.3 Å². The van der Waals surface area contributed by atoms with Gasteiger partial charge in [-0.3, -0.25) is 9.58 Å². The van der Waals surface area contributed by atoms with Crippen LogP contribution in [0.5, 0.6) is 0 Å². The van der Waals surface area contributed by atoms with E-state index in [1.165, 1.54) is 18.5 Å². The Hall–Kier alpha value is -0.870. The average Bonchev–Trinajstić information content (AvgIpc) is 2.59. The minimum Gasteiger partial charge on any atom is -0.326 e. The summed E-state index contributed by atoms with van der Waals surface area (Å²) >= 11 is 0. The van der Waals surface area contributed by atoms with Crippen molar-refractivity contribution in [3.63, 3.8) is 0 Å². The van der Waals surface area contributed by atoms with Gasteiger partial charge in [0.1, 0.15) is 0 Å². The van der Waals surface area contributed by atoms with Gasteiger partial charge in [-0.1, -0.05) is 13.3 Å². The molecule has 4 heteroatoms. The second-order valence-electron chi connectivity index (χ2n) is 4.61. The third kappa shape index (κ3) is 2.13. The van der Waals surface area contributed by atoms with Crippen molar-refractivity contribution < 1.29 is 0 Å². The third-order valence-electron chi connectivity index (χ3n) is 3.60. The molecule has 0 saturated carbocycles. The van der Waals surface area contributed by atoms with Crippen LogP contribution < -0.4 is 5.73 Å². The molecule has 1 saturated heterocycles. The smallest absolute Gasteiger partial charge is 0.0670 e. The van der Waals surface area contributed by atoms with E-state index in [9.17, 15) is 0 Å². The fourth-order valence-corrected chi connectivity index (χ4v) is 2.70. The Kier molecular flexibility index (Phi) is 3.61. The van der Waals surface area contributed by atoms with Crippen molar-refractivity contribution in [2.24, 2.45) is 12.8 Å². The lowest BCUT2D eigenvalue weighted by Gasteiger charge is -2.32. The molecule has 2 rings (SSSR count). The van der Waals surface area contributed by atoms with E-state index in [0.29, 0.717) is 6.04 Å². The van der Waals surface area contributed by atoms with Crippen molar-refractivity contribution in [2.75, 3.05) is 13.1 Å². The number of nitrogens with zero attached hydrogens (tertiary/aromatic N) is 3. The lowest BCUT2D eigenvalue weighted by molar-refractivity contribution is 0.187. The molecule has 0 amide bonds. The van der Waals surface area contributed by atoms with Gasteiger partial charge in [0.05, 0.1) is 11.7 Å². The van der Waals surface area contributed by atoms with Gasteiger partial charge in [0.15, 0.2) is 0 Å². The molecule has 0 aliphatic carbocycles. The van der Waals surface area contributed by atoms with Crippen LogP contribution in [0.1, 0.15) is 37.9 Å². The van der Waals surface area contributed by atoms with Crippen LogP contribution in [-0.2, 0) is 7.05 Å². The summed E-state index contributed by atoms with van der Waals surface area (Å²) in [7, 11) is 2.00. The van der Waals surface area contributed by atoms with Gasteiger partial charge >= 0.3 is 0 Å². The van der Waals surface area contributed by atoms with Crippen molar-refractivity contribution >= 4 is 0 Å². The van der Waals surface area contributed by atoms with Crippen LogP contribution in [0.15, 0.2) is 12.3 Å². The van der Waals surface area contributed by atoms with Crippen LogP contribution in [0.2, 0.25) is 0 Å². The van der Waals surface area contributed by atoms with E-state index in [0.717, 1.165) is 19.5 Å². The number of rotatable bonds is 2. The normalized spacial score (nSPS) is 27.9. The van der Waals surface area contributed by atoms with Crippen LogP contribution >= 0.6 is 0 Å². The van der Waals surface area contributed by atoms with Crippen LogP contribution in [0.4, 0.5) is 0 Å². The molecule has 1 aliphatic rings. The lowest BCUT2D eigenvalue weighted by Crippen LogP contribution is -2.40. The monoisotopic (exact) mass is 222 g/mol. The molecule has 16 heavy (non-hydrogen) atoms. The molecule has 2 unspecified atom stereocenters. The molecule has 2 atom stereocenters. The minimum absolute atomic E-state index is 0.234. The summed E-state index contributed by atoms with van der Waals surface area (Å²) in [5.41, 5.74) is 7.57. The zero-order valence-electron chi connectivity index (χ0n) is 10.3. The molecule has 0 radical (unpaired) electrons. The minimum atomic E-state index is 0.234. The van der Waals surface area contributed by atoms with Gasteiger partial charge < -0.3 is 5.73 Å². The number of aryl methyl sites for hydroxylation is 1. The summed E-state index contributed by atoms with van der Waals surface area (Å²) < 4.78 is 1.96. The van der Waals surface area contributed by atoms with E-state index in [1.807, 2.05) is 17.9 Å². The van der Waals surface area contributed by atoms with Gasteiger partial charge in [-0.15, -0.1) is 0 Å². The van der Waals surface area contributed by atoms with E-state index in [4.69, 9.17) is 5.73 Å². The van der Waals surface area contributed by atoms with E-state index in [-0.39, 0.29) is 6.04 Å². The quantitative estimate of drug-likeness (QED) is 0.820. The first-order valence-electron chi connectivity index (χ1n) is 6.21. The molecule has 2 heterocycles. The Labute approximate surface area is 97.4 Å². The first kappa shape index (κ1) is 11.6. The third-order valence-corrected chi connectivity index (χ3v) is 3.60. The van der Waals surface area contributed by atoms with E-state index in [1.54, 1.807) is 0 Å². The number of hydrogen-bond acceptors (Lipinski definition) is 3. The van der Waals surface area contributed by atoms with E-state index >= 15 is 0 Å². The molecule has 0 spiro atoms. The second kappa shape index (κ2) is 4.97. The van der Waals surface area contributed by atoms with Crippen LogP contribution in [-0.4, -0.2) is 33.8 Å². The summed E-state index contributed by atoms with van der Waals surface area (Å²) in [6.45, 7) is 4.42. The van der Waals surface area contributed by atoms with Gasteiger partial charge in [-0.2, -0.15) is 5.10 Å². The highest BCUT2D eigenvalue weighted by Gasteiger charge is 2.29. The Balaban J connectivity index is 2.29. The molecular weight excluding hydrogens is 200 g/mol. The zero-order valence-corrected chi connectivity index (χ0v) is 10.3. The summed E-state index contributed by atoms with van der Waals surface area (Å²) in [6.07, 6.45) is 5.48. The van der Waals surface area contributed by atoms with Gasteiger partial charge in [0, 0.05) is 19.3 Å². The molecular formula is C12H22N4. The van der Waals surface area contributed by atoms with Crippen molar-refractivity contribution in [3.8, 4) is 0 Å². The summed E-state index contributed by atoms with van der Waals surface area (Å²) in [6, 6.07) is 2.66. The first-order chi connectivity index (χ1) is 7.74. The van der Waals surface area contributed by atoms with Gasteiger partial charge in [0.25, 0.3) is 0 Å². The Morgan fingerprint density at radius 3 is 2.94 bits per heavy atom. The SMILES string of the molecule is CCN1CCCCC(N)C1c1ccnn1C. The van der Waals surface area contributed by atoms with Gasteiger partial charge in [-0.25, -0.2) is 0 Å². The zero-order chi connectivity index (χ0) is 11.5. The number of aromatic nitrogens is 2. The predicted octanol–water partition coefficient (Wildman–Crippen LogP) is 1.29. The largest absolute Gasteiger partial charge is 0.326 e. The van der Waals surface area contributed by atoms with Crippen LogP contribution in [0, 0.1) is 0 Å². The summed E-state index contributed by atoms with van der Waals surface area (Å²) in [5, 5.41) is 4.26. The molecule has 90 valence electrons. The van der Waals surface area contributed by atoms with Crippen LogP contribution in [0.3, 0.4) is 0 Å². The first-order valence-corrected chi connectivity index (χ1v) is 6.21. The maximum absolute atomic E-state index is 6.32. The topological polar surface area (TPSA) is 47.1 Å². The van der Waals surface area contributed by atoms with E-state index < -0.39 is 0 Å². The van der Waals surface area contributed by atoms with Gasteiger partial charge in [0.2, 0.25) is 0 Å². The number of hydrogen-bond donors (Lipinski definition) is 1. The Morgan fingerprint density at radius 2 is 2.31 bits per heavy atom. The van der Waals surface area contributed by atoms with Crippen molar-refractivity contribution in [1.82, 2.24) is 14.7 Å². The highest BCUT2D eigenvalue weighted by Crippen LogP contribution is 2.28. The average molecular weight is 222 g/mol. The lowest BCUT2D eigenvalue weighted by atomic mass is 10.0. The molecule has 1 aromatic heterocycles. The van der Waals surface area contributed by atoms with Crippen LogP contribution in [0.25, 0.3) is 0 Å². The molecule has 0 bridgehead atoms. The van der Waals surface area contributed by atoms with Gasteiger partial charge in [-0.05, 0) is 32.0 Å². The Bertz CT molecular complexity index is 334. The second-order valence-corrected chi connectivity index (χ2v) is 4.61. The maximum atomic E-state index is 6.32. The molecule has 1 fully saturated rings. The summed E-state index contributed by atoms with van der Waals surface area (Å²) in [4.78, 5) is 2.48.